The van der Waals surface area contributed by atoms with Gasteiger partial charge in [0.2, 0.25) is 0 Å². The number of aliphatic carboxylic acids is 1. The quantitative estimate of drug-likeness (QED) is 0.205. The Morgan fingerprint density at radius 2 is 2.00 bits per heavy atom. The first kappa shape index (κ1) is 22.9. The van der Waals surface area contributed by atoms with Gasteiger partial charge in [-0.25, -0.2) is 4.79 Å². The number of hydrogen-bond acceptors (Lipinski definition) is 4. The molecule has 1 amide bonds. The van der Waals surface area contributed by atoms with Crippen molar-refractivity contribution in [1.29, 1.82) is 5.26 Å². The Bertz CT molecular complexity index is 955. The van der Waals surface area contributed by atoms with E-state index in [1.165, 1.54) is 11.6 Å². The molecule has 0 spiro atoms. The fourth-order valence-corrected chi connectivity index (χ4v) is 4.18. The number of amides is 1. The van der Waals surface area contributed by atoms with Crippen molar-refractivity contribution in [1.82, 2.24) is 5.32 Å². The highest BCUT2D eigenvalue weighted by Gasteiger charge is 2.14. The minimum absolute atomic E-state index is 0.0845. The zero-order chi connectivity index (χ0) is 21.2. The topological polar surface area (TPSA) is 99.4 Å². The standard InChI is InChI=1S/C21H18BrIN2O4/c22-18-11-17(23)10-15(20(18)29-13-19(26)27)9-16(12-24)21(28)25-8-4-7-14-5-2-1-3-6-14/h1-3,5-6,9-11H,4,7-8,13H2,(H,25,28)(H,26,27)/b16-9-. The van der Waals surface area contributed by atoms with Crippen LogP contribution in [0.4, 0.5) is 0 Å². The van der Waals surface area contributed by atoms with Crippen molar-refractivity contribution in [2.75, 3.05) is 13.2 Å². The maximum atomic E-state index is 12.4. The van der Waals surface area contributed by atoms with Gasteiger partial charge in [0.1, 0.15) is 17.4 Å². The van der Waals surface area contributed by atoms with Gasteiger partial charge < -0.3 is 15.2 Å². The van der Waals surface area contributed by atoms with E-state index in [9.17, 15) is 14.9 Å². The first-order valence-electron chi connectivity index (χ1n) is 8.68. The fourth-order valence-electron chi connectivity index (χ4n) is 2.51. The molecule has 6 nitrogen and oxygen atoms in total. The molecule has 29 heavy (non-hydrogen) atoms. The predicted molar refractivity (Wildman–Crippen MR) is 121 cm³/mol. The van der Waals surface area contributed by atoms with Crippen molar-refractivity contribution < 1.29 is 19.4 Å². The molecule has 2 N–H and O–H groups in total. The summed E-state index contributed by atoms with van der Waals surface area (Å²) in [5, 5.41) is 21.0. The van der Waals surface area contributed by atoms with Gasteiger partial charge in [-0.15, -0.1) is 0 Å². The number of ether oxygens (including phenoxy) is 1. The molecule has 0 atom stereocenters. The zero-order valence-electron chi connectivity index (χ0n) is 15.3. The van der Waals surface area contributed by atoms with E-state index in [1.807, 2.05) is 36.4 Å². The average molecular weight is 569 g/mol. The van der Waals surface area contributed by atoms with Crippen molar-refractivity contribution in [2.45, 2.75) is 12.8 Å². The van der Waals surface area contributed by atoms with Crippen molar-refractivity contribution in [3.63, 3.8) is 0 Å². The van der Waals surface area contributed by atoms with Gasteiger partial charge in [-0.05, 0) is 75.1 Å². The summed E-state index contributed by atoms with van der Waals surface area (Å²) in [7, 11) is 0. The number of halogens is 2. The van der Waals surface area contributed by atoms with Crippen molar-refractivity contribution in [3.8, 4) is 11.8 Å². The minimum atomic E-state index is -1.12. The number of carboxylic acids is 1. The van der Waals surface area contributed by atoms with Crippen molar-refractivity contribution >= 4 is 56.5 Å². The summed E-state index contributed by atoms with van der Waals surface area (Å²) in [5.74, 6) is -1.35. The highest BCUT2D eigenvalue weighted by Crippen LogP contribution is 2.33. The van der Waals surface area contributed by atoms with Gasteiger partial charge in [0.25, 0.3) is 5.91 Å². The molecule has 0 aliphatic carbocycles. The van der Waals surface area contributed by atoms with Crippen LogP contribution in [-0.4, -0.2) is 30.1 Å². The molecule has 0 radical (unpaired) electrons. The monoisotopic (exact) mass is 568 g/mol. The van der Waals surface area contributed by atoms with Gasteiger partial charge in [-0.2, -0.15) is 5.26 Å². The van der Waals surface area contributed by atoms with E-state index in [2.05, 4.69) is 43.8 Å². The van der Waals surface area contributed by atoms with Crippen LogP contribution in [0.2, 0.25) is 0 Å². The lowest BCUT2D eigenvalue weighted by Gasteiger charge is -2.11. The van der Waals surface area contributed by atoms with Gasteiger partial charge >= 0.3 is 5.97 Å². The third-order valence-corrected chi connectivity index (χ3v) is 5.02. The SMILES string of the molecule is N#C/C(=C/c1cc(I)cc(Br)c1OCC(=O)O)C(=O)NCCCc1ccccc1. The Labute approximate surface area is 190 Å². The van der Waals surface area contributed by atoms with E-state index >= 15 is 0 Å². The highest BCUT2D eigenvalue weighted by molar-refractivity contribution is 14.1. The van der Waals surface area contributed by atoms with E-state index < -0.39 is 18.5 Å². The Morgan fingerprint density at radius 1 is 1.28 bits per heavy atom. The normalized spacial score (nSPS) is 10.9. The summed E-state index contributed by atoms with van der Waals surface area (Å²) in [4.78, 5) is 23.2. The van der Waals surface area contributed by atoms with E-state index in [4.69, 9.17) is 9.84 Å². The van der Waals surface area contributed by atoms with Gasteiger partial charge in [0.05, 0.1) is 4.47 Å². The number of carboxylic acid groups (broad SMARTS) is 1. The summed E-state index contributed by atoms with van der Waals surface area (Å²) in [6.45, 7) is -0.0985. The molecule has 0 saturated carbocycles. The number of nitrogens with one attached hydrogen (secondary N) is 1. The van der Waals surface area contributed by atoms with Crippen LogP contribution < -0.4 is 10.1 Å². The van der Waals surface area contributed by atoms with Gasteiger partial charge in [0, 0.05) is 15.7 Å². The van der Waals surface area contributed by atoms with Crippen LogP contribution >= 0.6 is 38.5 Å². The van der Waals surface area contributed by atoms with Crippen LogP contribution in [0, 0.1) is 14.9 Å². The van der Waals surface area contributed by atoms with Crippen LogP contribution in [-0.2, 0) is 16.0 Å². The molecule has 150 valence electrons. The number of aryl methyl sites for hydroxylation is 1. The molecule has 2 aromatic rings. The second-order valence-corrected chi connectivity index (χ2v) is 8.10. The Kier molecular flexibility index (Phi) is 9.15. The van der Waals surface area contributed by atoms with Crippen LogP contribution in [0.5, 0.6) is 5.75 Å². The highest BCUT2D eigenvalue weighted by atomic mass is 127. The smallest absolute Gasteiger partial charge is 0.341 e. The lowest BCUT2D eigenvalue weighted by molar-refractivity contribution is -0.139. The second-order valence-electron chi connectivity index (χ2n) is 6.00. The van der Waals surface area contributed by atoms with Crippen molar-refractivity contribution in [2.24, 2.45) is 0 Å². The minimum Gasteiger partial charge on any atom is -0.480 e. The molecule has 0 unspecified atom stereocenters. The molecule has 0 aromatic heterocycles. The molecular formula is C21H18BrIN2O4. The molecule has 0 aliphatic rings. The zero-order valence-corrected chi connectivity index (χ0v) is 19.1. The number of nitrogens with zero attached hydrogens (tertiary/aromatic N) is 1. The molecule has 0 saturated heterocycles. The molecule has 0 heterocycles. The molecule has 2 aromatic carbocycles. The number of hydrogen-bond donors (Lipinski definition) is 2. The van der Waals surface area contributed by atoms with Gasteiger partial charge in [-0.1, -0.05) is 30.3 Å². The first-order chi connectivity index (χ1) is 13.9. The maximum absolute atomic E-state index is 12.4. The second kappa shape index (κ2) is 11.6. The lowest BCUT2D eigenvalue weighted by atomic mass is 10.1. The number of carbonyl (C=O) groups is 2. The number of benzene rings is 2. The Balaban J connectivity index is 2.08. The summed E-state index contributed by atoms with van der Waals surface area (Å²) >= 11 is 5.42. The number of nitriles is 1. The largest absolute Gasteiger partial charge is 0.480 e. The summed E-state index contributed by atoms with van der Waals surface area (Å²) in [5.41, 5.74) is 1.54. The third-order valence-electron chi connectivity index (χ3n) is 3.81. The van der Waals surface area contributed by atoms with Crippen LogP contribution in [0.25, 0.3) is 6.08 Å². The molecule has 0 bridgehead atoms. The van der Waals surface area contributed by atoms with E-state index in [-0.39, 0.29) is 11.3 Å². The van der Waals surface area contributed by atoms with E-state index in [0.717, 1.165) is 16.4 Å². The summed E-state index contributed by atoms with van der Waals surface area (Å²) in [6.07, 6.45) is 2.97. The number of rotatable bonds is 9. The van der Waals surface area contributed by atoms with Crippen LogP contribution in [0.3, 0.4) is 0 Å². The fraction of sp³-hybridized carbons (Fsp3) is 0.190. The van der Waals surface area contributed by atoms with E-state index in [0.29, 0.717) is 16.6 Å². The Morgan fingerprint density at radius 3 is 2.66 bits per heavy atom. The van der Waals surface area contributed by atoms with Crippen LogP contribution in [0.15, 0.2) is 52.5 Å². The maximum Gasteiger partial charge on any atom is 0.341 e. The summed E-state index contributed by atoms with van der Waals surface area (Å²) in [6, 6.07) is 15.3. The lowest BCUT2D eigenvalue weighted by Crippen LogP contribution is -2.25. The molecule has 0 aliphatic heterocycles. The van der Waals surface area contributed by atoms with Gasteiger partial charge in [-0.3, -0.25) is 4.79 Å². The Hall–Kier alpha value is -2.38. The average Bonchev–Trinajstić information content (AvgIpc) is 2.69. The molecule has 2 rings (SSSR count). The predicted octanol–water partition coefficient (Wildman–Crippen LogP) is 4.17. The molecular weight excluding hydrogens is 551 g/mol. The summed E-state index contributed by atoms with van der Waals surface area (Å²) < 4.78 is 6.70. The first-order valence-corrected chi connectivity index (χ1v) is 10.6. The van der Waals surface area contributed by atoms with Gasteiger partial charge in [0.15, 0.2) is 6.61 Å². The molecule has 8 heteroatoms. The van der Waals surface area contributed by atoms with E-state index in [1.54, 1.807) is 12.1 Å². The third kappa shape index (κ3) is 7.51. The van der Waals surface area contributed by atoms with Crippen LogP contribution in [0.1, 0.15) is 17.5 Å². The molecule has 0 fully saturated rings. The van der Waals surface area contributed by atoms with Crippen molar-refractivity contribution in [3.05, 3.63) is 67.2 Å². The number of carbonyl (C=O) groups excluding carboxylic acids is 1.